The summed E-state index contributed by atoms with van der Waals surface area (Å²) in [5.74, 6) is -1.29. The van der Waals surface area contributed by atoms with Crippen LogP contribution in [0.4, 0.5) is 4.79 Å². The lowest BCUT2D eigenvalue weighted by atomic mass is 10.0. The summed E-state index contributed by atoms with van der Waals surface area (Å²) in [5.41, 5.74) is 0.513. The van der Waals surface area contributed by atoms with Gasteiger partial charge in [0.2, 0.25) is 0 Å². The van der Waals surface area contributed by atoms with E-state index in [1.54, 1.807) is 13.8 Å². The first-order valence-corrected chi connectivity index (χ1v) is 8.18. The Morgan fingerprint density at radius 3 is 2.36 bits per heavy atom. The van der Waals surface area contributed by atoms with Crippen LogP contribution in [0.1, 0.15) is 24.2 Å². The highest BCUT2D eigenvalue weighted by molar-refractivity contribution is 6.35. The number of esters is 2. The molecular formula is C16H16Cl2N2O5. The molecule has 9 heteroatoms. The quantitative estimate of drug-likeness (QED) is 0.758. The predicted octanol–water partition coefficient (Wildman–Crippen LogP) is 2.67. The van der Waals surface area contributed by atoms with Gasteiger partial charge in [-0.15, -0.1) is 0 Å². The molecule has 1 atom stereocenters. The summed E-state index contributed by atoms with van der Waals surface area (Å²) < 4.78 is 10.1. The van der Waals surface area contributed by atoms with Gasteiger partial charge in [0.1, 0.15) is 6.61 Å². The van der Waals surface area contributed by atoms with Crippen molar-refractivity contribution < 1.29 is 23.9 Å². The second kappa shape index (κ2) is 8.22. The molecule has 7 nitrogen and oxygen atoms in total. The van der Waals surface area contributed by atoms with Gasteiger partial charge in [0, 0.05) is 10.0 Å². The number of urea groups is 1. The minimum Gasteiger partial charge on any atom is -0.463 e. The van der Waals surface area contributed by atoms with Gasteiger partial charge in [-0.1, -0.05) is 23.2 Å². The third-order valence-electron chi connectivity index (χ3n) is 3.31. The topological polar surface area (TPSA) is 93.7 Å². The lowest BCUT2D eigenvalue weighted by Gasteiger charge is -2.26. The Labute approximate surface area is 154 Å². The van der Waals surface area contributed by atoms with Crippen molar-refractivity contribution in [2.24, 2.45) is 0 Å². The summed E-state index contributed by atoms with van der Waals surface area (Å²) in [4.78, 5) is 35.9. The molecule has 1 aromatic carbocycles. The molecule has 0 unspecified atom stereocenters. The third kappa shape index (κ3) is 4.87. The van der Waals surface area contributed by atoms with Gasteiger partial charge in [-0.25, -0.2) is 14.4 Å². The molecule has 2 amide bonds. The maximum Gasteiger partial charge on any atom is 0.338 e. The van der Waals surface area contributed by atoms with Crippen LogP contribution >= 0.6 is 23.2 Å². The fourth-order valence-corrected chi connectivity index (χ4v) is 2.81. The second-order valence-corrected chi connectivity index (χ2v) is 6.04. The van der Waals surface area contributed by atoms with Crippen molar-refractivity contribution in [1.82, 2.24) is 10.6 Å². The zero-order valence-corrected chi connectivity index (χ0v) is 15.0. The number of hydrogen-bond donors (Lipinski definition) is 2. The highest BCUT2D eigenvalue weighted by Crippen LogP contribution is 2.20. The van der Waals surface area contributed by atoms with E-state index in [0.717, 1.165) is 0 Å². The highest BCUT2D eigenvalue weighted by Gasteiger charge is 2.30. The number of carbonyl (C=O) groups is 3. The number of hydrogen-bond acceptors (Lipinski definition) is 5. The number of carbonyl (C=O) groups excluding carboxylic acids is 3. The van der Waals surface area contributed by atoms with E-state index in [4.69, 9.17) is 32.7 Å². The van der Waals surface area contributed by atoms with Gasteiger partial charge < -0.3 is 20.1 Å². The molecule has 0 fully saturated rings. The number of benzene rings is 1. The summed E-state index contributed by atoms with van der Waals surface area (Å²) in [5, 5.41) is 5.59. The molecule has 0 aromatic heterocycles. The Morgan fingerprint density at radius 1 is 1.12 bits per heavy atom. The number of nitrogens with one attached hydrogen (secondary N) is 2. The molecular weight excluding hydrogens is 371 g/mol. The van der Waals surface area contributed by atoms with Crippen LogP contribution < -0.4 is 10.6 Å². The molecule has 0 aliphatic carbocycles. The van der Waals surface area contributed by atoms with Crippen molar-refractivity contribution in [3.8, 4) is 0 Å². The van der Waals surface area contributed by atoms with E-state index in [0.29, 0.717) is 0 Å². The van der Waals surface area contributed by atoms with E-state index in [-0.39, 0.29) is 40.1 Å². The number of halogens is 2. The number of ether oxygens (including phenoxy) is 2. The molecule has 0 saturated carbocycles. The van der Waals surface area contributed by atoms with Crippen molar-refractivity contribution in [3.05, 3.63) is 45.1 Å². The standard InChI is InChI=1S/C16H16Cl2N2O5/c1-3-24-15(22)13-8(2)19-16(23)20-12(13)7-25-14(21)9-4-10(17)6-11(18)5-9/h4-6,8H,3,7H2,1-2H3,(H2,19,20,23)/t8-/m0/s1. The Hall–Kier alpha value is -2.25. The van der Waals surface area contributed by atoms with E-state index in [2.05, 4.69) is 10.6 Å². The molecule has 0 radical (unpaired) electrons. The van der Waals surface area contributed by atoms with Crippen molar-refractivity contribution in [1.29, 1.82) is 0 Å². The Balaban J connectivity index is 2.19. The lowest BCUT2D eigenvalue weighted by Crippen LogP contribution is -2.50. The zero-order valence-electron chi connectivity index (χ0n) is 13.5. The maximum atomic E-state index is 12.2. The molecule has 1 aliphatic rings. The molecule has 0 spiro atoms. The average Bonchev–Trinajstić information content (AvgIpc) is 2.51. The lowest BCUT2D eigenvalue weighted by molar-refractivity contribution is -0.139. The molecule has 1 heterocycles. The van der Waals surface area contributed by atoms with Crippen LogP contribution in [-0.2, 0) is 14.3 Å². The van der Waals surface area contributed by atoms with E-state index in [9.17, 15) is 14.4 Å². The first-order chi connectivity index (χ1) is 11.8. The zero-order chi connectivity index (χ0) is 18.6. The molecule has 25 heavy (non-hydrogen) atoms. The SMILES string of the molecule is CCOC(=O)C1=C(COC(=O)c2cc(Cl)cc(Cl)c2)NC(=O)N[C@H]1C. The Kier molecular flexibility index (Phi) is 6.27. The van der Waals surface area contributed by atoms with Gasteiger partial charge >= 0.3 is 18.0 Å². The monoisotopic (exact) mass is 386 g/mol. The summed E-state index contributed by atoms with van der Waals surface area (Å²) in [7, 11) is 0. The fraction of sp³-hybridized carbons (Fsp3) is 0.312. The maximum absolute atomic E-state index is 12.2. The predicted molar refractivity (Wildman–Crippen MR) is 91.5 cm³/mol. The average molecular weight is 387 g/mol. The summed E-state index contributed by atoms with van der Waals surface area (Å²) in [6.45, 7) is 3.16. The van der Waals surface area contributed by atoms with Crippen LogP contribution in [-0.4, -0.2) is 37.2 Å². The highest BCUT2D eigenvalue weighted by atomic mass is 35.5. The number of rotatable bonds is 5. The first kappa shape index (κ1) is 19.1. The first-order valence-electron chi connectivity index (χ1n) is 7.42. The summed E-state index contributed by atoms with van der Waals surface area (Å²) >= 11 is 11.7. The van der Waals surface area contributed by atoms with Crippen LogP contribution in [0.3, 0.4) is 0 Å². The summed E-state index contributed by atoms with van der Waals surface area (Å²) in [6, 6.07) is 3.20. The van der Waals surface area contributed by atoms with E-state index < -0.39 is 24.0 Å². The minimum absolute atomic E-state index is 0.157. The van der Waals surface area contributed by atoms with E-state index in [1.807, 2.05) is 0 Å². The molecule has 134 valence electrons. The van der Waals surface area contributed by atoms with Crippen LogP contribution in [0.15, 0.2) is 29.5 Å². The van der Waals surface area contributed by atoms with Gasteiger partial charge in [0.05, 0.1) is 29.5 Å². The Morgan fingerprint density at radius 2 is 1.76 bits per heavy atom. The van der Waals surface area contributed by atoms with Gasteiger partial charge in [-0.3, -0.25) is 0 Å². The van der Waals surface area contributed by atoms with Crippen molar-refractivity contribution in [2.45, 2.75) is 19.9 Å². The van der Waals surface area contributed by atoms with Gasteiger partial charge in [0.15, 0.2) is 0 Å². The molecule has 1 aliphatic heterocycles. The van der Waals surface area contributed by atoms with E-state index in [1.165, 1.54) is 18.2 Å². The second-order valence-electron chi connectivity index (χ2n) is 5.17. The number of amides is 2. The van der Waals surface area contributed by atoms with Crippen LogP contribution in [0.5, 0.6) is 0 Å². The third-order valence-corrected chi connectivity index (χ3v) is 3.75. The Bertz CT molecular complexity index is 728. The molecule has 1 aromatic rings. The van der Waals surface area contributed by atoms with Gasteiger partial charge in [-0.2, -0.15) is 0 Å². The molecule has 2 N–H and O–H groups in total. The molecule has 0 saturated heterocycles. The van der Waals surface area contributed by atoms with Crippen LogP contribution in [0, 0.1) is 0 Å². The fourth-order valence-electron chi connectivity index (χ4n) is 2.29. The van der Waals surface area contributed by atoms with Crippen molar-refractivity contribution in [3.63, 3.8) is 0 Å². The van der Waals surface area contributed by atoms with Crippen molar-refractivity contribution in [2.75, 3.05) is 13.2 Å². The van der Waals surface area contributed by atoms with Crippen LogP contribution in [0.25, 0.3) is 0 Å². The van der Waals surface area contributed by atoms with Gasteiger partial charge in [-0.05, 0) is 32.0 Å². The van der Waals surface area contributed by atoms with Gasteiger partial charge in [0.25, 0.3) is 0 Å². The summed E-state index contributed by atoms with van der Waals surface area (Å²) in [6.07, 6.45) is 0. The van der Waals surface area contributed by atoms with Crippen molar-refractivity contribution >= 4 is 41.2 Å². The minimum atomic E-state index is -0.694. The smallest absolute Gasteiger partial charge is 0.338 e. The normalized spacial score (nSPS) is 16.8. The molecule has 0 bridgehead atoms. The largest absolute Gasteiger partial charge is 0.463 e. The van der Waals surface area contributed by atoms with Crippen LogP contribution in [0.2, 0.25) is 10.0 Å². The van der Waals surface area contributed by atoms with E-state index >= 15 is 0 Å². The molecule has 2 rings (SSSR count).